The first-order chi connectivity index (χ1) is 21.6. The Morgan fingerprint density at radius 2 is 1.93 bits per heavy atom. The van der Waals surface area contributed by atoms with E-state index in [9.17, 15) is 9.59 Å². The summed E-state index contributed by atoms with van der Waals surface area (Å²) in [7, 11) is 0. The minimum Gasteiger partial charge on any atom is -0.472 e. The third kappa shape index (κ3) is 8.43. The number of aromatic nitrogens is 3. The highest BCUT2D eigenvalue weighted by molar-refractivity contribution is 5.70. The molecule has 45 heavy (non-hydrogen) atoms. The Balaban J connectivity index is 1.31. The molecule has 0 bridgehead atoms. The molecule has 2 aromatic heterocycles. The van der Waals surface area contributed by atoms with Crippen molar-refractivity contribution in [3.63, 3.8) is 0 Å². The Morgan fingerprint density at radius 1 is 1.13 bits per heavy atom. The molecule has 1 saturated heterocycles. The molecule has 0 radical (unpaired) electrons. The lowest BCUT2D eigenvalue weighted by atomic mass is 10.1. The second kappa shape index (κ2) is 13.9. The summed E-state index contributed by atoms with van der Waals surface area (Å²) in [5, 5.41) is 8.06. The molecule has 1 fully saturated rings. The number of hydrogen-bond acceptors (Lipinski definition) is 8. The Morgan fingerprint density at radius 3 is 2.69 bits per heavy atom. The number of hydrogen-bond donors (Lipinski definition) is 1. The Hall–Kier alpha value is -4.80. The van der Waals surface area contributed by atoms with Gasteiger partial charge in [0.25, 0.3) is 0 Å². The van der Waals surface area contributed by atoms with Gasteiger partial charge in [0.2, 0.25) is 5.88 Å². The number of carbonyl (C=O) groups excluding carboxylic acids is 2. The summed E-state index contributed by atoms with van der Waals surface area (Å²) in [6, 6.07) is 11.5. The largest absolute Gasteiger partial charge is 0.472 e. The lowest BCUT2D eigenvalue weighted by Gasteiger charge is -2.32. The molecule has 5 rings (SSSR count). The van der Waals surface area contributed by atoms with Gasteiger partial charge in [0, 0.05) is 36.6 Å². The van der Waals surface area contributed by atoms with Gasteiger partial charge in [0.1, 0.15) is 24.1 Å². The molecule has 11 heteroatoms. The Labute approximate surface area is 264 Å². The number of piperidine rings is 1. The van der Waals surface area contributed by atoms with E-state index in [0.717, 1.165) is 29.7 Å². The van der Waals surface area contributed by atoms with E-state index in [1.165, 1.54) is 4.90 Å². The number of carbonyl (C=O) groups is 2. The van der Waals surface area contributed by atoms with Crippen LogP contribution in [0, 0.1) is 0 Å². The first kappa shape index (κ1) is 31.6. The second-order valence-electron chi connectivity index (χ2n) is 12.5. The van der Waals surface area contributed by atoms with Gasteiger partial charge in [-0.15, -0.1) is 0 Å². The van der Waals surface area contributed by atoms with Crippen LogP contribution in [0.3, 0.4) is 0 Å². The summed E-state index contributed by atoms with van der Waals surface area (Å²) in [5.41, 5.74) is 2.85. The Bertz CT molecular complexity index is 1590. The van der Waals surface area contributed by atoms with Gasteiger partial charge in [-0.25, -0.2) is 9.59 Å². The van der Waals surface area contributed by atoms with Crippen LogP contribution < -0.4 is 10.1 Å². The van der Waals surface area contributed by atoms with E-state index in [0.29, 0.717) is 37.0 Å². The summed E-state index contributed by atoms with van der Waals surface area (Å²) >= 11 is 0. The van der Waals surface area contributed by atoms with Gasteiger partial charge in [-0.1, -0.05) is 50.3 Å². The minimum atomic E-state index is -0.577. The topological polar surface area (TPSA) is 111 Å². The standard InChI is InChI=1S/C34H42N6O5/c1-24(2)28-21-35-40-29(36-26-14-9-17-38(18-10-15-26)33(42)45-34(3,4)5)20-30(37-31(28)40)44-27-16-11-19-39(22-27)32(41)43-23-25-12-7-6-8-13-25/h6-10,12-15,17,20-21,24,27,36H,11,16,18-19,22-23H2,1-5H3/b15-10-,17-9-,26-14+/t27-/m1/s1. The monoisotopic (exact) mass is 614 g/mol. The molecular formula is C34H42N6O5. The number of benzene rings is 1. The number of nitrogens with one attached hydrogen (secondary N) is 1. The zero-order valence-corrected chi connectivity index (χ0v) is 26.6. The lowest BCUT2D eigenvalue weighted by Crippen LogP contribution is -2.44. The summed E-state index contributed by atoms with van der Waals surface area (Å²) in [6.45, 7) is 11.3. The number of likely N-dealkylation sites (tertiary alicyclic amines) is 1. The van der Waals surface area contributed by atoms with E-state index >= 15 is 0 Å². The molecule has 1 aromatic carbocycles. The van der Waals surface area contributed by atoms with Crippen molar-refractivity contribution in [3.8, 4) is 5.88 Å². The number of amides is 2. The van der Waals surface area contributed by atoms with Gasteiger partial charge in [-0.3, -0.25) is 4.90 Å². The van der Waals surface area contributed by atoms with E-state index in [4.69, 9.17) is 19.2 Å². The molecule has 0 unspecified atom stereocenters. The third-order valence-electron chi connectivity index (χ3n) is 7.27. The normalized spacial score (nSPS) is 19.7. The van der Waals surface area contributed by atoms with Crippen molar-refractivity contribution in [2.24, 2.45) is 0 Å². The van der Waals surface area contributed by atoms with E-state index in [2.05, 4.69) is 24.3 Å². The summed E-state index contributed by atoms with van der Waals surface area (Å²) in [6.07, 6.45) is 11.6. The molecule has 0 saturated carbocycles. The van der Waals surface area contributed by atoms with Gasteiger partial charge in [-0.05, 0) is 63.3 Å². The molecule has 238 valence electrons. The molecule has 0 aliphatic carbocycles. The van der Waals surface area contributed by atoms with Crippen LogP contribution in [0.2, 0.25) is 0 Å². The van der Waals surface area contributed by atoms with Crippen LogP contribution in [0.5, 0.6) is 5.88 Å². The van der Waals surface area contributed by atoms with Crippen LogP contribution in [0.4, 0.5) is 15.4 Å². The highest BCUT2D eigenvalue weighted by Gasteiger charge is 2.27. The predicted octanol–water partition coefficient (Wildman–Crippen LogP) is 6.65. The first-order valence-electron chi connectivity index (χ1n) is 15.4. The number of nitrogens with zero attached hydrogens (tertiary/aromatic N) is 5. The SMILES string of the molecule is CC(C)c1cnn2c(NC3=C/C=C\N(C(=O)OC(C)(C)C)C/C=C\3)cc(O[C@@H]3CCCN(C(=O)OCc4ccccc4)C3)nc12. The van der Waals surface area contributed by atoms with Gasteiger partial charge in [0.05, 0.1) is 12.7 Å². The van der Waals surface area contributed by atoms with Crippen molar-refractivity contribution in [2.75, 3.05) is 25.0 Å². The van der Waals surface area contributed by atoms with Crippen LogP contribution in [0.1, 0.15) is 64.5 Å². The maximum Gasteiger partial charge on any atom is 0.414 e. The van der Waals surface area contributed by atoms with Crippen LogP contribution >= 0.6 is 0 Å². The van der Waals surface area contributed by atoms with Crippen molar-refractivity contribution < 1.29 is 23.8 Å². The molecular weight excluding hydrogens is 572 g/mol. The van der Waals surface area contributed by atoms with Gasteiger partial charge < -0.3 is 24.4 Å². The average molecular weight is 615 g/mol. The summed E-state index contributed by atoms with van der Waals surface area (Å²) < 4.78 is 19.2. The smallest absolute Gasteiger partial charge is 0.414 e. The van der Waals surface area contributed by atoms with Gasteiger partial charge >= 0.3 is 12.2 Å². The average Bonchev–Trinajstić information content (AvgIpc) is 3.41. The first-order valence-corrected chi connectivity index (χ1v) is 15.4. The van der Waals surface area contributed by atoms with Crippen molar-refractivity contribution in [3.05, 3.63) is 89.9 Å². The lowest BCUT2D eigenvalue weighted by molar-refractivity contribution is 0.0351. The van der Waals surface area contributed by atoms with E-state index < -0.39 is 11.7 Å². The molecule has 2 amide bonds. The fourth-order valence-electron chi connectivity index (χ4n) is 5.04. The molecule has 3 aromatic rings. The van der Waals surface area contributed by atoms with Gasteiger partial charge in [-0.2, -0.15) is 14.6 Å². The molecule has 2 aliphatic rings. The second-order valence-corrected chi connectivity index (χ2v) is 12.5. The van der Waals surface area contributed by atoms with Crippen LogP contribution in [0.15, 0.2) is 78.8 Å². The quantitative estimate of drug-likeness (QED) is 0.315. The number of ether oxygens (including phenoxy) is 3. The molecule has 11 nitrogen and oxygen atoms in total. The van der Waals surface area contributed by atoms with Gasteiger partial charge in [0.15, 0.2) is 5.65 Å². The van der Waals surface area contributed by atoms with Crippen LogP contribution in [-0.2, 0) is 16.1 Å². The van der Waals surface area contributed by atoms with Crippen LogP contribution in [-0.4, -0.2) is 67.9 Å². The van der Waals surface area contributed by atoms with E-state index in [-0.39, 0.29) is 24.7 Å². The number of allylic oxidation sites excluding steroid dienone is 3. The predicted molar refractivity (Wildman–Crippen MR) is 172 cm³/mol. The molecule has 2 aliphatic heterocycles. The van der Waals surface area contributed by atoms with Crippen molar-refractivity contribution in [1.29, 1.82) is 0 Å². The van der Waals surface area contributed by atoms with Crippen molar-refractivity contribution in [2.45, 2.75) is 71.7 Å². The summed E-state index contributed by atoms with van der Waals surface area (Å²) in [4.78, 5) is 33.4. The molecule has 4 heterocycles. The zero-order valence-electron chi connectivity index (χ0n) is 26.6. The maximum absolute atomic E-state index is 12.8. The molecule has 0 spiro atoms. The number of anilines is 1. The summed E-state index contributed by atoms with van der Waals surface area (Å²) in [5.74, 6) is 1.31. The minimum absolute atomic E-state index is 0.199. The van der Waals surface area contributed by atoms with E-state index in [1.54, 1.807) is 21.7 Å². The highest BCUT2D eigenvalue weighted by Crippen LogP contribution is 2.28. The highest BCUT2D eigenvalue weighted by atomic mass is 16.6. The molecule has 1 N–H and O–H groups in total. The van der Waals surface area contributed by atoms with Crippen molar-refractivity contribution >= 4 is 23.7 Å². The maximum atomic E-state index is 12.8. The zero-order chi connectivity index (χ0) is 32.0. The van der Waals surface area contributed by atoms with E-state index in [1.807, 2.05) is 81.6 Å². The third-order valence-corrected chi connectivity index (χ3v) is 7.27. The fourth-order valence-corrected chi connectivity index (χ4v) is 5.04. The Kier molecular flexibility index (Phi) is 9.75. The fraction of sp³-hybridized carbons (Fsp3) is 0.412. The number of rotatable bonds is 7. The van der Waals surface area contributed by atoms with Crippen molar-refractivity contribution in [1.82, 2.24) is 24.4 Å². The number of fused-ring (bicyclic) bond motifs is 1. The molecule has 1 atom stereocenters. The van der Waals surface area contributed by atoms with Crippen LogP contribution in [0.25, 0.3) is 5.65 Å².